The maximum atomic E-state index is 15.2. The molecule has 2 N–H and O–H groups in total. The van der Waals surface area contributed by atoms with Gasteiger partial charge >= 0.3 is 12.3 Å². The van der Waals surface area contributed by atoms with Gasteiger partial charge in [-0.3, -0.25) is 14.2 Å². The van der Waals surface area contributed by atoms with E-state index in [0.29, 0.717) is 11.1 Å². The number of alkyl halides is 5. The lowest BCUT2D eigenvalue weighted by Crippen LogP contribution is -2.24. The zero-order valence-corrected chi connectivity index (χ0v) is 16.6. The molecule has 0 saturated carbocycles. The molecule has 0 spiro atoms. The molecule has 0 aliphatic rings. The first-order valence-corrected chi connectivity index (χ1v) is 9.36. The number of hydrogen-bond donors (Lipinski definition) is 1. The van der Waals surface area contributed by atoms with Crippen LogP contribution in [-0.2, 0) is 12.3 Å². The van der Waals surface area contributed by atoms with E-state index in [9.17, 15) is 18.0 Å². The van der Waals surface area contributed by atoms with E-state index in [1.165, 1.54) is 42.7 Å². The zero-order valence-electron chi connectivity index (χ0n) is 16.6. The Labute approximate surface area is 182 Å². The van der Waals surface area contributed by atoms with E-state index in [0.717, 1.165) is 16.5 Å². The minimum absolute atomic E-state index is 0.0526. The second kappa shape index (κ2) is 8.11. The van der Waals surface area contributed by atoms with Gasteiger partial charge < -0.3 is 10.5 Å². The Hall–Kier alpha value is -4.09. The molecule has 12 heteroatoms. The summed E-state index contributed by atoms with van der Waals surface area (Å²) in [6.45, 7) is 0. The van der Waals surface area contributed by atoms with Gasteiger partial charge in [-0.15, -0.1) is 23.4 Å². The van der Waals surface area contributed by atoms with Gasteiger partial charge in [0.1, 0.15) is 11.4 Å². The summed E-state index contributed by atoms with van der Waals surface area (Å²) in [7, 11) is 0. The average molecular weight is 463 g/mol. The smallest absolute Gasteiger partial charge is 0.406 e. The molecule has 3 aromatic heterocycles. The van der Waals surface area contributed by atoms with Crippen molar-refractivity contribution in [1.82, 2.24) is 19.6 Å². The molecule has 0 atom stereocenters. The summed E-state index contributed by atoms with van der Waals surface area (Å²) >= 11 is 0. The van der Waals surface area contributed by atoms with Crippen molar-refractivity contribution in [2.24, 2.45) is 5.73 Å². The number of aromatic nitrogens is 4. The molecule has 0 saturated heterocycles. The highest BCUT2D eigenvalue weighted by molar-refractivity contribution is 5.92. The first-order valence-electron chi connectivity index (χ1n) is 9.36. The lowest BCUT2D eigenvalue weighted by molar-refractivity contribution is -0.274. The summed E-state index contributed by atoms with van der Waals surface area (Å²) in [4.78, 5) is 15.3. The minimum atomic E-state index is -4.83. The number of halogens is 5. The molecule has 4 aromatic rings. The Morgan fingerprint density at radius 1 is 0.970 bits per heavy atom. The molecule has 0 bridgehead atoms. The van der Waals surface area contributed by atoms with Crippen LogP contribution in [0.1, 0.15) is 21.9 Å². The number of nitrogens with two attached hydrogens (primary N) is 1. The van der Waals surface area contributed by atoms with Crippen molar-refractivity contribution in [3.05, 3.63) is 78.0 Å². The molecular weight excluding hydrogens is 449 g/mol. The van der Waals surface area contributed by atoms with Gasteiger partial charge in [0.25, 0.3) is 5.91 Å². The van der Waals surface area contributed by atoms with Crippen molar-refractivity contribution in [3.8, 4) is 16.9 Å². The van der Waals surface area contributed by atoms with E-state index in [2.05, 4.69) is 19.9 Å². The number of hydrogen-bond acceptors (Lipinski definition) is 5. The second-order valence-electron chi connectivity index (χ2n) is 7.00. The van der Waals surface area contributed by atoms with Gasteiger partial charge in [-0.25, -0.2) is 0 Å². The summed E-state index contributed by atoms with van der Waals surface area (Å²) in [5.74, 6) is -5.58. The highest BCUT2D eigenvalue weighted by Gasteiger charge is 2.38. The van der Waals surface area contributed by atoms with Gasteiger partial charge in [-0.05, 0) is 47.0 Å². The molecule has 0 aliphatic carbocycles. The van der Waals surface area contributed by atoms with Crippen molar-refractivity contribution < 1.29 is 31.5 Å². The van der Waals surface area contributed by atoms with Crippen molar-refractivity contribution in [1.29, 1.82) is 0 Å². The van der Waals surface area contributed by atoms with Gasteiger partial charge in [0.05, 0.1) is 0 Å². The van der Waals surface area contributed by atoms with E-state index in [1.54, 1.807) is 6.07 Å². The Kier molecular flexibility index (Phi) is 5.44. The number of fused-ring (bicyclic) bond motifs is 1. The highest BCUT2D eigenvalue weighted by Crippen LogP contribution is 2.33. The highest BCUT2D eigenvalue weighted by atomic mass is 19.4. The third-order valence-corrected chi connectivity index (χ3v) is 4.69. The predicted molar refractivity (Wildman–Crippen MR) is 105 cm³/mol. The maximum Gasteiger partial charge on any atom is 0.573 e. The summed E-state index contributed by atoms with van der Waals surface area (Å²) in [6.07, 6.45) is -3.11. The van der Waals surface area contributed by atoms with Crippen molar-refractivity contribution >= 4 is 11.6 Å². The Morgan fingerprint density at radius 3 is 2.33 bits per heavy atom. The van der Waals surface area contributed by atoms with Crippen molar-refractivity contribution in [2.45, 2.75) is 18.7 Å². The van der Waals surface area contributed by atoms with Crippen LogP contribution >= 0.6 is 0 Å². The van der Waals surface area contributed by atoms with E-state index in [1.807, 2.05) is 0 Å². The number of pyridine rings is 2. The Bertz CT molecular complexity index is 1320. The zero-order chi connectivity index (χ0) is 23.8. The molecule has 0 aliphatic heterocycles. The van der Waals surface area contributed by atoms with Crippen LogP contribution in [0.25, 0.3) is 16.8 Å². The van der Waals surface area contributed by atoms with Gasteiger partial charge in [-0.1, -0.05) is 18.2 Å². The van der Waals surface area contributed by atoms with Crippen molar-refractivity contribution in [2.75, 3.05) is 0 Å². The van der Waals surface area contributed by atoms with E-state index in [4.69, 9.17) is 5.73 Å². The summed E-state index contributed by atoms with van der Waals surface area (Å²) < 4.78 is 72.3. The molecule has 0 unspecified atom stereocenters. The first kappa shape index (κ1) is 22.1. The fourth-order valence-corrected chi connectivity index (χ4v) is 3.28. The normalized spacial score (nSPS) is 12.2. The van der Waals surface area contributed by atoms with Crippen LogP contribution in [0.15, 0.2) is 60.9 Å². The number of rotatable bonds is 6. The summed E-state index contributed by atoms with van der Waals surface area (Å²) in [5.41, 5.74) is 5.91. The van der Waals surface area contributed by atoms with Gasteiger partial charge in [0, 0.05) is 18.8 Å². The van der Waals surface area contributed by atoms with E-state index < -0.39 is 36.2 Å². The molecule has 0 radical (unpaired) electrons. The van der Waals surface area contributed by atoms with Crippen LogP contribution in [-0.4, -0.2) is 31.9 Å². The Balaban J connectivity index is 1.68. The number of nitrogens with zero attached hydrogens (tertiary/aromatic N) is 4. The largest absolute Gasteiger partial charge is 0.573 e. The first-order chi connectivity index (χ1) is 15.5. The minimum Gasteiger partial charge on any atom is -0.406 e. The summed E-state index contributed by atoms with van der Waals surface area (Å²) in [6, 6.07) is 10.7. The molecular formula is C21H14F5N5O2. The molecule has 1 aromatic carbocycles. The number of benzene rings is 1. The lowest BCUT2D eigenvalue weighted by Gasteiger charge is -2.16. The quantitative estimate of drug-likeness (QED) is 0.434. The van der Waals surface area contributed by atoms with Crippen molar-refractivity contribution in [3.63, 3.8) is 0 Å². The number of carbonyl (C=O) groups is 1. The fourth-order valence-electron chi connectivity index (χ4n) is 3.28. The van der Waals surface area contributed by atoms with Crippen LogP contribution in [0.4, 0.5) is 22.0 Å². The van der Waals surface area contributed by atoms with Gasteiger partial charge in [0.15, 0.2) is 5.65 Å². The van der Waals surface area contributed by atoms with Crippen LogP contribution < -0.4 is 10.5 Å². The van der Waals surface area contributed by atoms with Crippen LogP contribution in [0.5, 0.6) is 5.75 Å². The van der Waals surface area contributed by atoms with Crippen LogP contribution in [0.2, 0.25) is 0 Å². The number of ether oxygens (including phenoxy) is 1. The molecule has 7 nitrogen and oxygen atoms in total. The maximum absolute atomic E-state index is 15.2. The van der Waals surface area contributed by atoms with Crippen LogP contribution in [0.3, 0.4) is 0 Å². The average Bonchev–Trinajstić information content (AvgIpc) is 3.17. The molecule has 170 valence electrons. The lowest BCUT2D eigenvalue weighted by atomic mass is 10.0. The standard InChI is InChI=1S/C21H14F5N5O2/c22-20(23,10-13-2-1-9-28-17(13)18(27)32)19-30-29-16-8-5-14(11-31(16)19)12-3-6-15(7-4-12)33-21(24,25)26/h1-9,11H,10H2,(H2,27,32). The molecule has 4 rings (SSSR count). The van der Waals surface area contributed by atoms with Gasteiger partial charge in [0.2, 0.25) is 5.82 Å². The molecule has 3 heterocycles. The number of carbonyl (C=O) groups excluding carboxylic acids is 1. The fraction of sp³-hybridized carbons (Fsp3) is 0.143. The van der Waals surface area contributed by atoms with Crippen LogP contribution in [0, 0.1) is 0 Å². The second-order valence-corrected chi connectivity index (χ2v) is 7.00. The molecule has 1 amide bonds. The monoisotopic (exact) mass is 463 g/mol. The summed E-state index contributed by atoms with van der Waals surface area (Å²) in [5, 5.41) is 7.36. The number of primary amides is 1. The third kappa shape index (κ3) is 4.73. The SMILES string of the molecule is NC(=O)c1ncccc1CC(F)(F)c1nnc2ccc(-c3ccc(OC(F)(F)F)cc3)cn12. The Morgan fingerprint density at radius 2 is 1.67 bits per heavy atom. The topological polar surface area (TPSA) is 95.4 Å². The molecule has 33 heavy (non-hydrogen) atoms. The van der Waals surface area contributed by atoms with E-state index in [-0.39, 0.29) is 16.9 Å². The third-order valence-electron chi connectivity index (χ3n) is 4.69. The van der Waals surface area contributed by atoms with E-state index >= 15 is 8.78 Å². The number of amides is 1. The predicted octanol–water partition coefficient (Wildman–Crippen LogP) is 4.12. The van der Waals surface area contributed by atoms with Gasteiger partial charge in [-0.2, -0.15) is 8.78 Å². The molecule has 0 fully saturated rings.